The maximum absolute atomic E-state index is 11.6. The molecule has 1 fully saturated rings. The zero-order valence-electron chi connectivity index (χ0n) is 10.2. The van der Waals surface area contributed by atoms with Crippen molar-refractivity contribution in [1.29, 1.82) is 0 Å². The maximum atomic E-state index is 11.6. The van der Waals surface area contributed by atoms with Crippen LogP contribution in [0, 0.1) is 5.92 Å². The molecule has 0 spiro atoms. The number of thiocarbonyl (C=S) groups is 1. The monoisotopic (exact) mass is 254 g/mol. The third-order valence-corrected chi connectivity index (χ3v) is 3.00. The highest BCUT2D eigenvalue weighted by Crippen LogP contribution is 2.17. The van der Waals surface area contributed by atoms with Crippen molar-refractivity contribution in [1.82, 2.24) is 10.6 Å². The van der Waals surface area contributed by atoms with E-state index in [4.69, 9.17) is 12.2 Å². The Hall–Kier alpha value is -1.23. The van der Waals surface area contributed by atoms with Crippen LogP contribution in [0.15, 0.2) is 11.6 Å². The highest BCUT2D eigenvalue weighted by atomic mass is 32.1. The fourth-order valence-corrected chi connectivity index (χ4v) is 1.92. The van der Waals surface area contributed by atoms with E-state index in [9.17, 15) is 9.59 Å². The predicted octanol–water partition coefficient (Wildman–Crippen LogP) is 1.66. The summed E-state index contributed by atoms with van der Waals surface area (Å²) in [7, 11) is 0. The van der Waals surface area contributed by atoms with Gasteiger partial charge in [-0.25, -0.2) is 0 Å². The van der Waals surface area contributed by atoms with Gasteiger partial charge in [-0.2, -0.15) is 0 Å². The third-order valence-electron chi connectivity index (χ3n) is 2.80. The fourth-order valence-electron chi connectivity index (χ4n) is 1.73. The fraction of sp³-hybridized carbons (Fsp3) is 0.583. The maximum Gasteiger partial charge on any atom is 0.262 e. The van der Waals surface area contributed by atoms with Gasteiger partial charge in [0.1, 0.15) is 5.57 Å². The van der Waals surface area contributed by atoms with Crippen LogP contribution in [0.4, 0.5) is 0 Å². The van der Waals surface area contributed by atoms with Crippen molar-refractivity contribution in [3.8, 4) is 0 Å². The Morgan fingerprint density at radius 1 is 1.24 bits per heavy atom. The van der Waals surface area contributed by atoms with Crippen LogP contribution in [0.25, 0.3) is 0 Å². The highest BCUT2D eigenvalue weighted by molar-refractivity contribution is 7.80. The van der Waals surface area contributed by atoms with Crippen molar-refractivity contribution in [3.05, 3.63) is 11.6 Å². The molecule has 0 radical (unpaired) electrons. The van der Waals surface area contributed by atoms with E-state index in [2.05, 4.69) is 24.5 Å². The molecule has 0 unspecified atom stereocenters. The van der Waals surface area contributed by atoms with E-state index < -0.39 is 11.8 Å². The molecule has 1 aliphatic heterocycles. The number of amides is 2. The molecule has 0 aliphatic carbocycles. The summed E-state index contributed by atoms with van der Waals surface area (Å²) < 4.78 is 0. The second kappa shape index (κ2) is 6.49. The quantitative estimate of drug-likeness (QED) is 0.445. The van der Waals surface area contributed by atoms with Gasteiger partial charge in [-0.15, -0.1) is 0 Å². The second-order valence-corrected chi connectivity index (χ2v) is 4.54. The summed E-state index contributed by atoms with van der Waals surface area (Å²) >= 11 is 4.73. The van der Waals surface area contributed by atoms with E-state index >= 15 is 0 Å². The Bertz CT molecular complexity index is 342. The number of allylic oxidation sites excluding steroid dienone is 1. The number of hydrogen-bond donors (Lipinski definition) is 2. The molecule has 17 heavy (non-hydrogen) atoms. The minimum absolute atomic E-state index is 0.0822. The molecular weight excluding hydrogens is 236 g/mol. The molecule has 0 saturated carbocycles. The first-order valence-corrected chi connectivity index (χ1v) is 6.37. The Morgan fingerprint density at radius 3 is 2.29 bits per heavy atom. The van der Waals surface area contributed by atoms with Crippen molar-refractivity contribution in [2.75, 3.05) is 0 Å². The van der Waals surface area contributed by atoms with Crippen molar-refractivity contribution in [2.45, 2.75) is 39.5 Å². The lowest BCUT2D eigenvalue weighted by atomic mass is 9.95. The van der Waals surface area contributed by atoms with Gasteiger partial charge in [-0.3, -0.25) is 20.2 Å². The molecule has 1 saturated heterocycles. The smallest absolute Gasteiger partial charge is 0.262 e. The van der Waals surface area contributed by atoms with Gasteiger partial charge in [0.05, 0.1) is 0 Å². The molecule has 0 aromatic carbocycles. The molecule has 2 N–H and O–H groups in total. The first-order valence-electron chi connectivity index (χ1n) is 5.97. The largest absolute Gasteiger partial charge is 0.299 e. The minimum atomic E-state index is -0.395. The summed E-state index contributed by atoms with van der Waals surface area (Å²) in [5.41, 5.74) is 0.182. The van der Waals surface area contributed by atoms with E-state index in [-0.39, 0.29) is 16.6 Å². The van der Waals surface area contributed by atoms with Crippen LogP contribution in [-0.2, 0) is 9.59 Å². The van der Waals surface area contributed by atoms with Crippen LogP contribution < -0.4 is 10.6 Å². The Morgan fingerprint density at radius 2 is 1.82 bits per heavy atom. The number of carbonyl (C=O) groups excluding carboxylic acids is 2. The molecule has 5 heteroatoms. The number of unbranched alkanes of at least 4 members (excludes halogenated alkanes) is 1. The molecule has 0 aromatic heterocycles. The van der Waals surface area contributed by atoms with Gasteiger partial charge in [0.15, 0.2) is 5.11 Å². The molecular formula is C12H18N2O2S. The Labute approximate surface area is 107 Å². The first kappa shape index (κ1) is 13.8. The zero-order valence-corrected chi connectivity index (χ0v) is 11.0. The lowest BCUT2D eigenvalue weighted by Crippen LogP contribution is -2.51. The van der Waals surface area contributed by atoms with Crippen molar-refractivity contribution < 1.29 is 9.59 Å². The molecule has 94 valence electrons. The van der Waals surface area contributed by atoms with E-state index in [1.54, 1.807) is 6.08 Å². The average molecular weight is 254 g/mol. The van der Waals surface area contributed by atoms with Gasteiger partial charge in [-0.1, -0.05) is 32.8 Å². The van der Waals surface area contributed by atoms with Crippen molar-refractivity contribution in [3.63, 3.8) is 0 Å². The van der Waals surface area contributed by atoms with Crippen LogP contribution in [0.5, 0.6) is 0 Å². The van der Waals surface area contributed by atoms with Crippen LogP contribution in [-0.4, -0.2) is 16.9 Å². The predicted molar refractivity (Wildman–Crippen MR) is 70.3 cm³/mol. The standard InChI is InChI=1S/C12H18N2O2S/c1-3-5-6-8(4-2)7-9-10(15)13-12(17)14-11(9)16/h7-8H,3-6H2,1-2H3,(H2,13,14,15,16,17)/t8-/m1/s1. The molecule has 1 atom stereocenters. The van der Waals surface area contributed by atoms with Gasteiger partial charge in [0.2, 0.25) is 0 Å². The number of hydrogen-bond acceptors (Lipinski definition) is 3. The van der Waals surface area contributed by atoms with Gasteiger partial charge in [0, 0.05) is 0 Å². The number of rotatable bonds is 5. The van der Waals surface area contributed by atoms with Gasteiger partial charge >= 0.3 is 0 Å². The minimum Gasteiger partial charge on any atom is -0.299 e. The average Bonchev–Trinajstić information content (AvgIpc) is 2.27. The molecule has 0 bridgehead atoms. The Kier molecular flexibility index (Phi) is 5.28. The van der Waals surface area contributed by atoms with Crippen LogP contribution in [0.1, 0.15) is 39.5 Å². The van der Waals surface area contributed by atoms with E-state index in [0.717, 1.165) is 25.7 Å². The highest BCUT2D eigenvalue weighted by Gasteiger charge is 2.26. The molecule has 1 aliphatic rings. The van der Waals surface area contributed by atoms with Gasteiger partial charge < -0.3 is 0 Å². The molecule has 0 aromatic rings. The van der Waals surface area contributed by atoms with Crippen molar-refractivity contribution >= 4 is 29.1 Å². The van der Waals surface area contributed by atoms with Crippen molar-refractivity contribution in [2.24, 2.45) is 5.92 Å². The normalized spacial score (nSPS) is 17.5. The summed E-state index contributed by atoms with van der Waals surface area (Å²) in [6.07, 6.45) is 5.91. The zero-order chi connectivity index (χ0) is 12.8. The summed E-state index contributed by atoms with van der Waals surface area (Å²) in [5, 5.41) is 4.96. The van der Waals surface area contributed by atoms with E-state index in [1.807, 2.05) is 0 Å². The van der Waals surface area contributed by atoms with Crippen LogP contribution in [0.3, 0.4) is 0 Å². The second-order valence-electron chi connectivity index (χ2n) is 4.13. The van der Waals surface area contributed by atoms with E-state index in [0.29, 0.717) is 0 Å². The van der Waals surface area contributed by atoms with Crippen LogP contribution in [0.2, 0.25) is 0 Å². The van der Waals surface area contributed by atoms with Gasteiger partial charge in [0.25, 0.3) is 11.8 Å². The summed E-state index contributed by atoms with van der Waals surface area (Å²) in [4.78, 5) is 23.2. The third kappa shape index (κ3) is 3.93. The number of nitrogens with one attached hydrogen (secondary N) is 2. The molecule has 1 rings (SSSR count). The number of carbonyl (C=O) groups is 2. The topological polar surface area (TPSA) is 58.2 Å². The Balaban J connectivity index is 2.77. The van der Waals surface area contributed by atoms with Gasteiger partial charge in [-0.05, 0) is 31.0 Å². The van der Waals surface area contributed by atoms with Crippen LogP contribution >= 0.6 is 12.2 Å². The lowest BCUT2D eigenvalue weighted by Gasteiger charge is -2.18. The molecule has 1 heterocycles. The van der Waals surface area contributed by atoms with E-state index in [1.165, 1.54) is 0 Å². The molecule has 4 nitrogen and oxygen atoms in total. The summed E-state index contributed by atoms with van der Waals surface area (Å²) in [5.74, 6) is -0.518. The lowest BCUT2D eigenvalue weighted by molar-refractivity contribution is -0.123. The summed E-state index contributed by atoms with van der Waals surface area (Å²) in [6, 6.07) is 0. The molecule has 2 amide bonds. The summed E-state index contributed by atoms with van der Waals surface area (Å²) in [6.45, 7) is 4.18. The SMILES string of the molecule is CCCC[C@H](C=C1C(=O)NC(=S)NC1=O)CC. The first-order chi connectivity index (χ1) is 8.08.